The van der Waals surface area contributed by atoms with Crippen LogP contribution < -0.4 is 32.7 Å². The summed E-state index contributed by atoms with van der Waals surface area (Å²) in [6.45, 7) is 5.65. The highest BCUT2D eigenvalue weighted by atomic mass is 16.3. The fraction of sp³-hybridized carbons (Fsp3) is 1.00. The molecule has 0 spiro atoms. The molecule has 33 heavy (non-hydrogen) atoms. The van der Waals surface area contributed by atoms with Crippen LogP contribution in [0, 0.1) is 5.92 Å². The third kappa shape index (κ3) is 14.5. The zero-order valence-electron chi connectivity index (χ0n) is 20.6. The topological polar surface area (TPSA) is 222 Å². The van der Waals surface area contributed by atoms with Crippen molar-refractivity contribution in [2.24, 2.45) is 17.4 Å². The molecule has 0 saturated heterocycles. The van der Waals surface area contributed by atoms with E-state index in [1.807, 2.05) is 6.92 Å². The first-order valence-corrected chi connectivity index (χ1v) is 11.9. The summed E-state index contributed by atoms with van der Waals surface area (Å²) in [6.07, 6.45) is -2.97. The van der Waals surface area contributed by atoms with E-state index in [4.69, 9.17) is 11.5 Å². The molecule has 10 unspecified atom stereocenters. The predicted octanol–water partition coefficient (Wildman–Crippen LogP) is -3.03. The second kappa shape index (κ2) is 17.9. The summed E-state index contributed by atoms with van der Waals surface area (Å²) in [5.74, 6) is -0.101. The van der Waals surface area contributed by atoms with Crippen LogP contribution in [0.2, 0.25) is 0 Å². The number of nitrogens with one attached hydrogen (secondary N) is 4. The molecular formula is C21H50N6O6. The predicted molar refractivity (Wildman–Crippen MR) is 127 cm³/mol. The summed E-state index contributed by atoms with van der Waals surface area (Å²) < 4.78 is 0. The maximum absolute atomic E-state index is 10.7. The third-order valence-electron chi connectivity index (χ3n) is 5.90. The Morgan fingerprint density at radius 3 is 1.79 bits per heavy atom. The van der Waals surface area contributed by atoms with Gasteiger partial charge >= 0.3 is 0 Å². The van der Waals surface area contributed by atoms with Crippen LogP contribution >= 0.6 is 0 Å². The van der Waals surface area contributed by atoms with Gasteiger partial charge in [-0.1, -0.05) is 6.92 Å². The molecule has 0 aliphatic carbocycles. The lowest BCUT2D eigenvalue weighted by atomic mass is 10.0. The van der Waals surface area contributed by atoms with Gasteiger partial charge in [-0.25, -0.2) is 0 Å². The van der Waals surface area contributed by atoms with Gasteiger partial charge in [0.2, 0.25) is 0 Å². The van der Waals surface area contributed by atoms with Crippen LogP contribution in [0.3, 0.4) is 0 Å². The molecule has 10 atom stereocenters. The van der Waals surface area contributed by atoms with Crippen LogP contribution in [0.15, 0.2) is 0 Å². The molecule has 14 N–H and O–H groups in total. The van der Waals surface area contributed by atoms with Gasteiger partial charge in [-0.15, -0.1) is 0 Å². The van der Waals surface area contributed by atoms with Crippen LogP contribution in [0.4, 0.5) is 0 Å². The Hall–Kier alpha value is -0.480. The fourth-order valence-electron chi connectivity index (χ4n) is 3.45. The Balaban J connectivity index is 4.98. The number of aliphatic hydroxyl groups is 6. The molecule has 0 aromatic rings. The first-order chi connectivity index (χ1) is 15.4. The highest BCUT2D eigenvalue weighted by Gasteiger charge is 2.28. The lowest BCUT2D eigenvalue weighted by Gasteiger charge is -2.34. The Kier molecular flexibility index (Phi) is 17.6. The average molecular weight is 483 g/mol. The van der Waals surface area contributed by atoms with E-state index in [-0.39, 0.29) is 18.8 Å². The lowest BCUT2D eigenvalue weighted by molar-refractivity contribution is -0.00916. The van der Waals surface area contributed by atoms with Crippen molar-refractivity contribution < 1.29 is 30.6 Å². The minimum Gasteiger partial charge on any atom is -0.392 e. The molecule has 0 aliphatic rings. The van der Waals surface area contributed by atoms with Crippen molar-refractivity contribution in [2.75, 3.05) is 13.6 Å². The summed E-state index contributed by atoms with van der Waals surface area (Å²) in [6, 6.07) is -1.75. The van der Waals surface area contributed by atoms with E-state index in [2.05, 4.69) is 21.3 Å². The van der Waals surface area contributed by atoms with Gasteiger partial charge in [-0.3, -0.25) is 21.3 Å². The van der Waals surface area contributed by atoms with Gasteiger partial charge in [0, 0.05) is 18.1 Å². The summed E-state index contributed by atoms with van der Waals surface area (Å²) in [5.41, 5.74) is 11.0. The van der Waals surface area contributed by atoms with Crippen LogP contribution in [-0.2, 0) is 0 Å². The molecular weight excluding hydrogens is 432 g/mol. The van der Waals surface area contributed by atoms with Crippen molar-refractivity contribution in [3.8, 4) is 0 Å². The van der Waals surface area contributed by atoms with Gasteiger partial charge in [-0.05, 0) is 71.9 Å². The lowest BCUT2D eigenvalue weighted by Crippen LogP contribution is -2.59. The second-order valence-corrected chi connectivity index (χ2v) is 9.01. The first-order valence-electron chi connectivity index (χ1n) is 11.9. The van der Waals surface area contributed by atoms with Crippen molar-refractivity contribution in [2.45, 2.75) is 115 Å². The van der Waals surface area contributed by atoms with Gasteiger partial charge < -0.3 is 42.1 Å². The summed E-state index contributed by atoms with van der Waals surface area (Å²) in [5, 5.41) is 72.4. The van der Waals surface area contributed by atoms with Crippen LogP contribution in [-0.4, -0.2) is 99.6 Å². The molecule has 0 aliphatic heterocycles. The number of hydrogen-bond acceptors (Lipinski definition) is 12. The molecule has 0 fully saturated rings. The molecule has 0 aromatic heterocycles. The second-order valence-electron chi connectivity index (χ2n) is 9.01. The molecule has 200 valence electrons. The number of nitrogens with two attached hydrogens (primary N) is 2. The quantitative estimate of drug-likeness (QED) is 0.0779. The Bertz CT molecular complexity index is 479. The monoisotopic (exact) mass is 482 g/mol. The highest BCUT2D eigenvalue weighted by molar-refractivity contribution is 4.84. The molecule has 0 saturated carbocycles. The standard InChI is InChI=1S/C21H50N6O6/c1-12(6-5-11-22)19(31)27-16(7-9-17(23)29)21(33)25-13(2)20(32)26-15(14(3)28)8-10-18(30)24-4/h12-21,24-33H,5-11,22-23H2,1-4H3. The van der Waals surface area contributed by atoms with Gasteiger partial charge in [0.25, 0.3) is 0 Å². The van der Waals surface area contributed by atoms with Crippen molar-refractivity contribution in [3.63, 3.8) is 0 Å². The summed E-state index contributed by atoms with van der Waals surface area (Å²) in [4.78, 5) is 0. The normalized spacial score (nSPS) is 21.5. The van der Waals surface area contributed by atoms with Gasteiger partial charge in [0.05, 0.1) is 6.10 Å². The van der Waals surface area contributed by atoms with Gasteiger partial charge in [0.1, 0.15) is 31.1 Å². The summed E-state index contributed by atoms with van der Waals surface area (Å²) >= 11 is 0. The third-order valence-corrected chi connectivity index (χ3v) is 5.90. The van der Waals surface area contributed by atoms with Crippen molar-refractivity contribution in [1.82, 2.24) is 21.3 Å². The Morgan fingerprint density at radius 2 is 1.27 bits per heavy atom. The highest BCUT2D eigenvalue weighted by Crippen LogP contribution is 2.13. The van der Waals surface area contributed by atoms with Crippen molar-refractivity contribution >= 4 is 0 Å². The van der Waals surface area contributed by atoms with E-state index < -0.39 is 55.4 Å². The number of rotatable bonds is 20. The molecule has 12 nitrogen and oxygen atoms in total. The van der Waals surface area contributed by atoms with Crippen LogP contribution in [0.25, 0.3) is 0 Å². The van der Waals surface area contributed by atoms with E-state index in [9.17, 15) is 30.6 Å². The first kappa shape index (κ1) is 32.5. The minimum absolute atomic E-state index is 0.101. The molecule has 0 amide bonds. The van der Waals surface area contributed by atoms with Crippen LogP contribution in [0.1, 0.15) is 59.3 Å². The average Bonchev–Trinajstić information content (AvgIpc) is 2.76. The van der Waals surface area contributed by atoms with Crippen molar-refractivity contribution in [1.29, 1.82) is 0 Å². The molecule has 0 aromatic carbocycles. The molecule has 0 radical (unpaired) electrons. The smallest absolute Gasteiger partial charge is 0.120 e. The Morgan fingerprint density at radius 1 is 0.697 bits per heavy atom. The largest absolute Gasteiger partial charge is 0.392 e. The number of hydrogen-bond donors (Lipinski definition) is 12. The van der Waals surface area contributed by atoms with Gasteiger partial charge in [0.15, 0.2) is 0 Å². The zero-order valence-corrected chi connectivity index (χ0v) is 20.6. The zero-order chi connectivity index (χ0) is 25.6. The fourth-order valence-corrected chi connectivity index (χ4v) is 3.45. The number of aliphatic hydroxyl groups excluding tert-OH is 6. The van der Waals surface area contributed by atoms with Gasteiger partial charge in [-0.2, -0.15) is 0 Å². The molecule has 0 bridgehead atoms. The molecule has 0 heterocycles. The molecule has 12 heteroatoms. The van der Waals surface area contributed by atoms with E-state index in [0.29, 0.717) is 25.8 Å². The minimum atomic E-state index is -1.16. The SMILES string of the molecule is CNC(O)CCC(NC(O)C(C)NC(O)C(CCC(N)O)NC(O)C(C)CCCN)C(C)O. The van der Waals surface area contributed by atoms with E-state index in [1.165, 1.54) is 0 Å². The molecule has 0 rings (SSSR count). The van der Waals surface area contributed by atoms with E-state index >= 15 is 0 Å². The van der Waals surface area contributed by atoms with Crippen molar-refractivity contribution in [3.05, 3.63) is 0 Å². The van der Waals surface area contributed by atoms with E-state index in [1.54, 1.807) is 20.9 Å². The van der Waals surface area contributed by atoms with E-state index in [0.717, 1.165) is 6.42 Å². The Labute approximate surface area is 198 Å². The van der Waals surface area contributed by atoms with Crippen LogP contribution in [0.5, 0.6) is 0 Å². The maximum atomic E-state index is 10.7. The maximum Gasteiger partial charge on any atom is 0.120 e. The summed E-state index contributed by atoms with van der Waals surface area (Å²) in [7, 11) is 1.63.